The van der Waals surface area contributed by atoms with E-state index in [1.807, 2.05) is 4.90 Å². The van der Waals surface area contributed by atoms with Gasteiger partial charge in [0, 0.05) is 18.7 Å². The highest BCUT2D eigenvalue weighted by atomic mass is 32.2. The summed E-state index contributed by atoms with van der Waals surface area (Å²) in [5, 5.41) is -0.0880. The minimum Gasteiger partial charge on any atom is -0.419 e. The van der Waals surface area contributed by atoms with E-state index in [0.29, 0.717) is 5.56 Å². The second-order valence-corrected chi connectivity index (χ2v) is 8.37. The molecule has 1 aliphatic heterocycles. The minimum atomic E-state index is -3.83. The van der Waals surface area contributed by atoms with Gasteiger partial charge >= 0.3 is 0 Å². The molecule has 0 spiro atoms. The molecule has 4 rings (SSSR count). The molecule has 0 aliphatic carbocycles. The fourth-order valence-corrected chi connectivity index (χ4v) is 4.54. The van der Waals surface area contributed by atoms with Crippen LogP contribution in [0.15, 0.2) is 68.9 Å². The van der Waals surface area contributed by atoms with Crippen LogP contribution >= 0.6 is 0 Å². The first-order valence-corrected chi connectivity index (χ1v) is 10.4. The van der Waals surface area contributed by atoms with Crippen molar-refractivity contribution in [3.05, 3.63) is 60.4 Å². The Morgan fingerprint density at radius 3 is 2.26 bits per heavy atom. The van der Waals surface area contributed by atoms with E-state index in [2.05, 4.69) is 4.98 Å². The van der Waals surface area contributed by atoms with E-state index in [1.165, 1.54) is 24.3 Å². The van der Waals surface area contributed by atoms with Crippen molar-refractivity contribution < 1.29 is 17.2 Å². The summed E-state index contributed by atoms with van der Waals surface area (Å²) in [5.41, 5.74) is 0.532. The normalized spacial score (nSPS) is 15.1. The number of nitrogens with zero attached hydrogens (tertiary/aromatic N) is 2. The highest BCUT2D eigenvalue weighted by Gasteiger charge is 2.31. The lowest BCUT2D eigenvalue weighted by Crippen LogP contribution is -2.30. The van der Waals surface area contributed by atoms with E-state index in [4.69, 9.17) is 4.42 Å². The van der Waals surface area contributed by atoms with E-state index in [-0.39, 0.29) is 27.5 Å². The predicted octanol–water partition coefficient (Wildman–Crippen LogP) is 4.30. The van der Waals surface area contributed by atoms with Gasteiger partial charge in [0.15, 0.2) is 0 Å². The van der Waals surface area contributed by atoms with Crippen LogP contribution in [0.2, 0.25) is 0 Å². The molecule has 2 aromatic carbocycles. The number of sulfone groups is 1. The van der Waals surface area contributed by atoms with Crippen molar-refractivity contribution in [1.82, 2.24) is 4.98 Å². The van der Waals surface area contributed by atoms with Crippen LogP contribution < -0.4 is 4.90 Å². The van der Waals surface area contributed by atoms with Gasteiger partial charge in [-0.25, -0.2) is 12.8 Å². The van der Waals surface area contributed by atoms with E-state index >= 15 is 0 Å². The summed E-state index contributed by atoms with van der Waals surface area (Å²) in [5.74, 6) is 0.0571. The highest BCUT2D eigenvalue weighted by Crippen LogP contribution is 2.35. The van der Waals surface area contributed by atoms with Crippen LogP contribution in [-0.2, 0) is 9.84 Å². The molecule has 7 heteroatoms. The lowest BCUT2D eigenvalue weighted by atomic mass is 10.1. The first-order chi connectivity index (χ1) is 13.1. The maximum atomic E-state index is 13.2. The Morgan fingerprint density at radius 1 is 0.926 bits per heavy atom. The molecule has 0 radical (unpaired) electrons. The molecule has 0 amide bonds. The van der Waals surface area contributed by atoms with Gasteiger partial charge in [0.2, 0.25) is 26.6 Å². The van der Waals surface area contributed by atoms with Crippen LogP contribution in [0.1, 0.15) is 19.3 Å². The van der Waals surface area contributed by atoms with Crippen molar-refractivity contribution in [1.29, 1.82) is 0 Å². The van der Waals surface area contributed by atoms with Gasteiger partial charge in [-0.2, -0.15) is 4.98 Å². The first kappa shape index (κ1) is 17.7. The molecule has 0 unspecified atom stereocenters. The van der Waals surface area contributed by atoms with Crippen LogP contribution in [0.25, 0.3) is 11.5 Å². The molecule has 1 fully saturated rings. The third kappa shape index (κ3) is 3.47. The number of piperidine rings is 1. The summed E-state index contributed by atoms with van der Waals surface area (Å²) >= 11 is 0. The van der Waals surface area contributed by atoms with Crippen LogP contribution in [0.3, 0.4) is 0 Å². The second kappa shape index (κ2) is 7.15. The fourth-order valence-electron chi connectivity index (χ4n) is 3.20. The third-order valence-corrected chi connectivity index (χ3v) is 6.29. The standard InChI is InChI=1S/C20H19FN2O3S/c21-16-11-9-15(10-12-16)18-22-19(20(26-18)23-13-5-2-6-14-23)27(24,25)17-7-3-1-4-8-17/h1,3-4,7-12H,2,5-6,13-14H2. The zero-order chi connectivity index (χ0) is 18.9. The Morgan fingerprint density at radius 2 is 1.59 bits per heavy atom. The van der Waals surface area contributed by atoms with Crippen molar-refractivity contribution in [2.24, 2.45) is 0 Å². The number of hydrogen-bond acceptors (Lipinski definition) is 5. The van der Waals surface area contributed by atoms with Crippen LogP contribution in [0, 0.1) is 5.82 Å². The van der Waals surface area contributed by atoms with Crippen LogP contribution in [0.5, 0.6) is 0 Å². The lowest BCUT2D eigenvalue weighted by molar-refractivity contribution is 0.499. The Labute approximate surface area is 157 Å². The summed E-state index contributed by atoms with van der Waals surface area (Å²) in [6, 6.07) is 13.8. The summed E-state index contributed by atoms with van der Waals surface area (Å²) < 4.78 is 45.5. The Kier molecular flexibility index (Phi) is 4.70. The highest BCUT2D eigenvalue weighted by molar-refractivity contribution is 7.91. The van der Waals surface area contributed by atoms with Crippen LogP contribution in [0.4, 0.5) is 10.3 Å². The zero-order valence-corrected chi connectivity index (χ0v) is 15.5. The third-order valence-electron chi connectivity index (χ3n) is 4.62. The van der Waals surface area contributed by atoms with Gasteiger partial charge in [-0.3, -0.25) is 0 Å². The van der Waals surface area contributed by atoms with E-state index < -0.39 is 9.84 Å². The van der Waals surface area contributed by atoms with E-state index in [9.17, 15) is 12.8 Å². The molecule has 0 bridgehead atoms. The monoisotopic (exact) mass is 386 g/mol. The summed E-state index contributed by atoms with van der Waals surface area (Å²) in [7, 11) is -3.83. The molecule has 0 saturated carbocycles. The number of benzene rings is 2. The summed E-state index contributed by atoms with van der Waals surface area (Å²) in [6.07, 6.45) is 3.05. The van der Waals surface area contributed by atoms with Gasteiger partial charge in [0.1, 0.15) is 5.82 Å². The molecule has 3 aromatic rings. The number of rotatable bonds is 4. The lowest BCUT2D eigenvalue weighted by Gasteiger charge is -2.26. The molecule has 0 atom stereocenters. The first-order valence-electron chi connectivity index (χ1n) is 8.87. The SMILES string of the molecule is O=S(=O)(c1ccccc1)c1nc(-c2ccc(F)cc2)oc1N1CCCCC1. The quantitative estimate of drug-likeness (QED) is 0.669. The number of hydrogen-bond donors (Lipinski definition) is 0. The largest absolute Gasteiger partial charge is 0.419 e. The number of anilines is 1. The average molecular weight is 386 g/mol. The molecule has 27 heavy (non-hydrogen) atoms. The number of halogens is 1. The molecule has 2 heterocycles. The predicted molar refractivity (Wildman–Crippen MR) is 99.9 cm³/mol. The van der Waals surface area contributed by atoms with Gasteiger partial charge in [-0.1, -0.05) is 18.2 Å². The molecule has 5 nitrogen and oxygen atoms in total. The fraction of sp³-hybridized carbons (Fsp3) is 0.250. The maximum Gasteiger partial charge on any atom is 0.236 e. The van der Waals surface area contributed by atoms with Crippen molar-refractivity contribution in [2.45, 2.75) is 29.2 Å². The molecule has 1 aliphatic rings. The van der Waals surface area contributed by atoms with Crippen molar-refractivity contribution in [3.63, 3.8) is 0 Å². The minimum absolute atomic E-state index is 0.0880. The van der Waals surface area contributed by atoms with E-state index in [1.54, 1.807) is 30.3 Å². The molecule has 1 saturated heterocycles. The van der Waals surface area contributed by atoms with Crippen molar-refractivity contribution in [3.8, 4) is 11.5 Å². The van der Waals surface area contributed by atoms with Gasteiger partial charge in [-0.15, -0.1) is 0 Å². The van der Waals surface area contributed by atoms with Gasteiger partial charge in [0.05, 0.1) is 4.90 Å². The Balaban J connectivity index is 1.84. The van der Waals surface area contributed by atoms with Crippen LogP contribution in [-0.4, -0.2) is 26.5 Å². The summed E-state index contributed by atoms with van der Waals surface area (Å²) in [6.45, 7) is 1.44. The van der Waals surface area contributed by atoms with Gasteiger partial charge in [-0.05, 0) is 55.7 Å². The second-order valence-electron chi connectivity index (χ2n) is 6.50. The molecule has 140 valence electrons. The van der Waals surface area contributed by atoms with Gasteiger partial charge < -0.3 is 9.32 Å². The number of oxazole rings is 1. The topological polar surface area (TPSA) is 63.4 Å². The van der Waals surface area contributed by atoms with E-state index in [0.717, 1.165) is 32.4 Å². The zero-order valence-electron chi connectivity index (χ0n) is 14.6. The average Bonchev–Trinajstić information content (AvgIpc) is 3.16. The maximum absolute atomic E-state index is 13.2. The summed E-state index contributed by atoms with van der Waals surface area (Å²) in [4.78, 5) is 6.41. The van der Waals surface area contributed by atoms with Gasteiger partial charge in [0.25, 0.3) is 0 Å². The molecular formula is C20H19FN2O3S. The smallest absolute Gasteiger partial charge is 0.236 e. The molecule has 0 N–H and O–H groups in total. The molecule has 1 aromatic heterocycles. The van der Waals surface area contributed by atoms with Crippen molar-refractivity contribution in [2.75, 3.05) is 18.0 Å². The Hall–Kier alpha value is -2.67. The Bertz CT molecular complexity index is 1020. The molecular weight excluding hydrogens is 367 g/mol. The van der Waals surface area contributed by atoms with Crippen molar-refractivity contribution >= 4 is 15.7 Å². The number of aromatic nitrogens is 1.